The van der Waals surface area contributed by atoms with E-state index in [0.29, 0.717) is 17.1 Å². The second-order valence-electron chi connectivity index (χ2n) is 3.10. The summed E-state index contributed by atoms with van der Waals surface area (Å²) in [7, 11) is 3.20. The Morgan fingerprint density at radius 3 is 2.82 bits per heavy atom. The number of halogens is 1. The summed E-state index contributed by atoms with van der Waals surface area (Å²) in [6.45, 7) is 0. The number of furan rings is 1. The molecule has 2 rings (SSSR count). The van der Waals surface area contributed by atoms with Crippen molar-refractivity contribution in [1.82, 2.24) is 9.97 Å². The Morgan fingerprint density at radius 2 is 2.24 bits per heavy atom. The summed E-state index contributed by atoms with van der Waals surface area (Å²) in [6.07, 6.45) is 1.56. The van der Waals surface area contributed by atoms with Gasteiger partial charge in [-0.3, -0.25) is 4.84 Å². The molecule has 2 aromatic heterocycles. The minimum Gasteiger partial charge on any atom is -0.463 e. The maximum Gasteiger partial charge on any atom is 0.249 e. The number of hydrogen-bond acceptors (Lipinski definition) is 6. The van der Waals surface area contributed by atoms with Crippen LogP contribution in [0.5, 0.6) is 0 Å². The average molecular weight is 255 g/mol. The third-order valence-corrected chi connectivity index (χ3v) is 2.34. The molecule has 0 amide bonds. The van der Waals surface area contributed by atoms with E-state index in [1.165, 1.54) is 7.11 Å². The first kappa shape index (κ1) is 11.7. The molecule has 0 saturated heterocycles. The van der Waals surface area contributed by atoms with Gasteiger partial charge in [-0.15, -0.1) is 0 Å². The lowest BCUT2D eigenvalue weighted by Gasteiger charge is -2.10. The van der Waals surface area contributed by atoms with Gasteiger partial charge in [0.05, 0.1) is 13.4 Å². The second kappa shape index (κ2) is 5.03. The Morgan fingerprint density at radius 1 is 1.41 bits per heavy atom. The van der Waals surface area contributed by atoms with Crippen LogP contribution < -0.4 is 10.8 Å². The zero-order valence-corrected chi connectivity index (χ0v) is 10.1. The number of aromatic nitrogens is 2. The van der Waals surface area contributed by atoms with Crippen LogP contribution in [0.15, 0.2) is 22.8 Å². The van der Waals surface area contributed by atoms with Crippen molar-refractivity contribution in [3.8, 4) is 11.5 Å². The molecule has 6 nitrogen and oxygen atoms in total. The van der Waals surface area contributed by atoms with Crippen molar-refractivity contribution >= 4 is 23.2 Å². The van der Waals surface area contributed by atoms with Gasteiger partial charge in [0.25, 0.3) is 0 Å². The Labute approximate surface area is 103 Å². The van der Waals surface area contributed by atoms with E-state index in [0.717, 1.165) is 0 Å². The van der Waals surface area contributed by atoms with E-state index in [1.807, 2.05) is 0 Å². The summed E-state index contributed by atoms with van der Waals surface area (Å²) in [4.78, 5) is 13.0. The van der Waals surface area contributed by atoms with Gasteiger partial charge >= 0.3 is 0 Å². The summed E-state index contributed by atoms with van der Waals surface area (Å²) in [5.74, 6) is 0.862. The molecule has 0 radical (unpaired) electrons. The third-order valence-electron chi connectivity index (χ3n) is 2.06. The molecule has 0 aliphatic rings. The van der Waals surface area contributed by atoms with Gasteiger partial charge in [0.1, 0.15) is 11.4 Å². The molecule has 2 N–H and O–H groups in total. The minimum atomic E-state index is 0.267. The number of nitrogens with zero attached hydrogens (tertiary/aromatic N) is 2. The fraction of sp³-hybridized carbons (Fsp3) is 0.200. The first-order valence-corrected chi connectivity index (χ1v) is 5.22. The maximum atomic E-state index is 6.04. The standard InChI is InChI=1S/C10H11ClN4O2/c1-12-8-7(6-4-3-5-17-6)13-10(15-16-2)14-9(8)11/h3-5,12H,1-2H3,(H,13,14,15). The first-order chi connectivity index (χ1) is 8.26. The van der Waals surface area contributed by atoms with Gasteiger partial charge < -0.3 is 9.73 Å². The van der Waals surface area contributed by atoms with Crippen molar-refractivity contribution in [2.45, 2.75) is 0 Å². The van der Waals surface area contributed by atoms with E-state index in [1.54, 1.807) is 25.4 Å². The fourth-order valence-electron chi connectivity index (χ4n) is 1.38. The van der Waals surface area contributed by atoms with Gasteiger partial charge in [-0.05, 0) is 12.1 Å². The van der Waals surface area contributed by atoms with Crippen LogP contribution in [0, 0.1) is 0 Å². The molecule has 0 atom stereocenters. The highest BCUT2D eigenvalue weighted by atomic mass is 35.5. The Hall–Kier alpha value is -1.79. The lowest BCUT2D eigenvalue weighted by atomic mass is 10.3. The van der Waals surface area contributed by atoms with Gasteiger partial charge in [0.2, 0.25) is 5.95 Å². The molecule has 0 aromatic carbocycles. The Bertz CT molecular complexity index is 501. The van der Waals surface area contributed by atoms with Crippen LogP contribution >= 0.6 is 11.6 Å². The number of anilines is 2. The van der Waals surface area contributed by atoms with Crippen molar-refractivity contribution in [2.75, 3.05) is 25.0 Å². The third kappa shape index (κ3) is 2.32. The van der Waals surface area contributed by atoms with Gasteiger partial charge in [0.15, 0.2) is 10.9 Å². The normalized spacial score (nSPS) is 10.3. The SMILES string of the molecule is CNc1c(Cl)nc(NOC)nc1-c1ccco1. The molecule has 0 bridgehead atoms. The van der Waals surface area contributed by atoms with E-state index in [4.69, 9.17) is 20.9 Å². The van der Waals surface area contributed by atoms with Gasteiger partial charge in [0, 0.05) is 7.05 Å². The summed E-state index contributed by atoms with van der Waals surface area (Å²) in [6, 6.07) is 3.56. The van der Waals surface area contributed by atoms with Crippen molar-refractivity contribution in [3.05, 3.63) is 23.5 Å². The van der Waals surface area contributed by atoms with E-state index >= 15 is 0 Å². The zero-order valence-electron chi connectivity index (χ0n) is 9.32. The van der Waals surface area contributed by atoms with Crippen LogP contribution in [0.25, 0.3) is 11.5 Å². The summed E-state index contributed by atoms with van der Waals surface area (Å²) in [5, 5.41) is 3.22. The highest BCUT2D eigenvalue weighted by Crippen LogP contribution is 2.32. The van der Waals surface area contributed by atoms with Crippen LogP contribution in [0.4, 0.5) is 11.6 Å². The van der Waals surface area contributed by atoms with Crippen LogP contribution in [0.2, 0.25) is 5.15 Å². The summed E-state index contributed by atoms with van der Waals surface area (Å²) >= 11 is 6.04. The fourth-order valence-corrected chi connectivity index (χ4v) is 1.65. The van der Waals surface area contributed by atoms with Gasteiger partial charge in [-0.2, -0.15) is 4.98 Å². The lowest BCUT2D eigenvalue weighted by Crippen LogP contribution is -2.05. The highest BCUT2D eigenvalue weighted by molar-refractivity contribution is 6.32. The number of nitrogens with one attached hydrogen (secondary N) is 2. The number of rotatable bonds is 4. The average Bonchev–Trinajstić information content (AvgIpc) is 2.82. The Balaban J connectivity index is 2.54. The molecule has 90 valence electrons. The van der Waals surface area contributed by atoms with E-state index in [2.05, 4.69) is 20.8 Å². The maximum absolute atomic E-state index is 6.04. The van der Waals surface area contributed by atoms with Gasteiger partial charge in [-0.1, -0.05) is 11.6 Å². The molecule has 0 unspecified atom stereocenters. The highest BCUT2D eigenvalue weighted by Gasteiger charge is 2.15. The molecule has 7 heteroatoms. The molecule has 0 spiro atoms. The molecule has 2 aromatic rings. The smallest absolute Gasteiger partial charge is 0.249 e. The van der Waals surface area contributed by atoms with Crippen molar-refractivity contribution in [1.29, 1.82) is 0 Å². The second-order valence-corrected chi connectivity index (χ2v) is 3.45. The lowest BCUT2D eigenvalue weighted by molar-refractivity contribution is 0.267. The molecule has 0 aliphatic heterocycles. The number of hydrogen-bond donors (Lipinski definition) is 2. The predicted molar refractivity (Wildman–Crippen MR) is 64.9 cm³/mol. The monoisotopic (exact) mass is 254 g/mol. The Kier molecular flexibility index (Phi) is 3.46. The largest absolute Gasteiger partial charge is 0.463 e. The van der Waals surface area contributed by atoms with Crippen LogP contribution in [0.1, 0.15) is 0 Å². The molecular weight excluding hydrogens is 244 g/mol. The molecule has 2 heterocycles. The van der Waals surface area contributed by atoms with E-state index in [-0.39, 0.29) is 11.1 Å². The molecule has 0 aliphatic carbocycles. The van der Waals surface area contributed by atoms with E-state index < -0.39 is 0 Å². The van der Waals surface area contributed by atoms with Crippen molar-refractivity contribution < 1.29 is 9.25 Å². The van der Waals surface area contributed by atoms with E-state index in [9.17, 15) is 0 Å². The molecule has 17 heavy (non-hydrogen) atoms. The topological polar surface area (TPSA) is 72.2 Å². The van der Waals surface area contributed by atoms with Crippen molar-refractivity contribution in [3.63, 3.8) is 0 Å². The van der Waals surface area contributed by atoms with Gasteiger partial charge in [-0.25, -0.2) is 10.5 Å². The molecule has 0 fully saturated rings. The quantitative estimate of drug-likeness (QED) is 0.645. The minimum absolute atomic E-state index is 0.267. The van der Waals surface area contributed by atoms with Crippen LogP contribution in [-0.4, -0.2) is 24.1 Å². The van der Waals surface area contributed by atoms with Crippen LogP contribution in [0.3, 0.4) is 0 Å². The summed E-state index contributed by atoms with van der Waals surface area (Å²) < 4.78 is 5.29. The predicted octanol–water partition coefficient (Wildman–Crippen LogP) is 2.41. The molecular formula is C10H11ClN4O2. The summed E-state index contributed by atoms with van der Waals surface area (Å²) in [5.41, 5.74) is 3.69. The van der Waals surface area contributed by atoms with Crippen molar-refractivity contribution in [2.24, 2.45) is 0 Å². The first-order valence-electron chi connectivity index (χ1n) is 4.84. The zero-order chi connectivity index (χ0) is 12.3. The molecule has 0 saturated carbocycles. The van der Waals surface area contributed by atoms with Crippen LogP contribution in [-0.2, 0) is 4.84 Å².